The number of nitrogen functional groups attached to an aromatic ring is 1. The number of phosphoric ester groups is 1. The van der Waals surface area contributed by atoms with Gasteiger partial charge in [-0.3, -0.25) is 9.05 Å². The number of unbranched alkanes of at least 4 members (excludes halogenated alkanes) is 15. The third-order valence-corrected chi connectivity index (χ3v) is 10.8. The highest BCUT2D eigenvalue weighted by molar-refractivity contribution is 7.47. The van der Waals surface area contributed by atoms with E-state index in [1.165, 1.54) is 107 Å². The van der Waals surface area contributed by atoms with E-state index in [1.54, 1.807) is 13.0 Å². The van der Waals surface area contributed by atoms with Crippen LogP contribution in [0.5, 0.6) is 0 Å². The first-order valence-electron chi connectivity index (χ1n) is 20.0. The van der Waals surface area contributed by atoms with Crippen LogP contribution in [0.3, 0.4) is 0 Å². The lowest BCUT2D eigenvalue weighted by Crippen LogP contribution is -2.38. The molecule has 3 rings (SSSR count). The van der Waals surface area contributed by atoms with Gasteiger partial charge in [0, 0.05) is 6.61 Å². The largest absolute Gasteiger partial charge is 0.472 e. The van der Waals surface area contributed by atoms with Crippen LogP contribution in [0.4, 0.5) is 5.82 Å². The van der Waals surface area contributed by atoms with Gasteiger partial charge in [0.25, 0.3) is 6.26 Å². The highest BCUT2D eigenvalue weighted by Gasteiger charge is 2.36. The Kier molecular flexibility index (Phi) is 22.4. The summed E-state index contributed by atoms with van der Waals surface area (Å²) in [5, 5.41) is 35.0. The van der Waals surface area contributed by atoms with Crippen molar-refractivity contribution in [3.8, 4) is 6.26 Å². The number of ether oxygens (including phenoxy) is 3. The second-order valence-electron chi connectivity index (χ2n) is 14.2. The molecule has 2 unspecified atom stereocenters. The number of rotatable bonds is 32. The van der Waals surface area contributed by atoms with E-state index in [1.807, 2.05) is 30.3 Å². The molecule has 6 atom stereocenters. The van der Waals surface area contributed by atoms with Crippen molar-refractivity contribution >= 4 is 19.2 Å². The number of aliphatic hydroxyl groups excluding tert-OH is 2. The van der Waals surface area contributed by atoms with Crippen LogP contribution in [0.1, 0.15) is 134 Å². The standard InChI is InChI=1S/C40H64N5O9P/c1-3-4-5-6-7-8-9-10-11-12-13-14-15-16-17-21-26-50-28-36(51-27-33-22-19-18-20-23-33)32(2)54-55(48,49)53-29-37(52-30-41)39(47)38(46)34-24-25-35-40(42)43-31-44-45(34)35/h18-20,22-25,31-32,36-39,46-47H,3-17,21,26-29H2,1-2H3,(H,48,49)(H2,42,43,44)/t32?,36-,37-,38+,39-/m1/s1. The van der Waals surface area contributed by atoms with Crippen LogP contribution < -0.4 is 5.73 Å². The Morgan fingerprint density at radius 2 is 1.45 bits per heavy atom. The molecule has 3 aromatic rings. The first kappa shape index (κ1) is 46.3. The normalized spacial score (nSPS) is 15.6. The van der Waals surface area contributed by atoms with Crippen molar-refractivity contribution in [1.82, 2.24) is 14.6 Å². The Morgan fingerprint density at radius 1 is 0.855 bits per heavy atom. The Labute approximate surface area is 326 Å². The topological polar surface area (TPSA) is 204 Å². The molecule has 308 valence electrons. The van der Waals surface area contributed by atoms with Crippen LogP contribution in [0.15, 0.2) is 48.8 Å². The maximum absolute atomic E-state index is 13.1. The van der Waals surface area contributed by atoms with Crippen LogP contribution in [0, 0.1) is 11.5 Å². The summed E-state index contributed by atoms with van der Waals surface area (Å²) in [6, 6.07) is 12.5. The number of hydrogen-bond acceptors (Lipinski definition) is 12. The van der Waals surface area contributed by atoms with Gasteiger partial charge in [-0.15, -0.1) is 0 Å². The number of nitrogens with zero attached hydrogens (tertiary/aromatic N) is 4. The molecule has 0 saturated heterocycles. The summed E-state index contributed by atoms with van der Waals surface area (Å²) in [6.07, 6.45) is 16.6. The molecule has 0 aliphatic rings. The monoisotopic (exact) mass is 789 g/mol. The van der Waals surface area contributed by atoms with Crippen molar-refractivity contribution < 1.29 is 42.9 Å². The summed E-state index contributed by atoms with van der Waals surface area (Å²) in [5.41, 5.74) is 7.28. The van der Waals surface area contributed by atoms with E-state index < -0.39 is 44.9 Å². The number of phosphoric acid groups is 1. The number of hydrogen-bond donors (Lipinski definition) is 4. The Balaban J connectivity index is 1.40. The molecule has 14 nitrogen and oxygen atoms in total. The van der Waals surface area contributed by atoms with Gasteiger partial charge < -0.3 is 35.1 Å². The molecule has 2 aromatic heterocycles. The molecule has 15 heteroatoms. The van der Waals surface area contributed by atoms with Gasteiger partial charge in [-0.1, -0.05) is 134 Å². The summed E-state index contributed by atoms with van der Waals surface area (Å²) >= 11 is 0. The molecular formula is C40H64N5O9P. The molecule has 2 heterocycles. The van der Waals surface area contributed by atoms with Gasteiger partial charge in [0.2, 0.25) is 0 Å². The molecule has 55 heavy (non-hydrogen) atoms. The maximum atomic E-state index is 13.1. The Hall–Kier alpha value is -3.12. The van der Waals surface area contributed by atoms with Crippen LogP contribution >= 0.6 is 7.82 Å². The lowest BCUT2D eigenvalue weighted by atomic mass is 10.0. The summed E-state index contributed by atoms with van der Waals surface area (Å²) in [4.78, 5) is 14.5. The smallest absolute Gasteiger partial charge is 0.419 e. The summed E-state index contributed by atoms with van der Waals surface area (Å²) in [5.74, 6) is 0.153. The minimum Gasteiger partial charge on any atom is -0.419 e. The molecule has 0 bridgehead atoms. The molecule has 0 aliphatic carbocycles. The number of aromatic nitrogens is 3. The predicted octanol–water partition coefficient (Wildman–Crippen LogP) is 7.96. The van der Waals surface area contributed by atoms with Crippen molar-refractivity contribution in [2.24, 2.45) is 0 Å². The maximum Gasteiger partial charge on any atom is 0.472 e. The SMILES string of the molecule is CCCCCCCCCCCCCCCCCCOC[C@@H](OCc1ccccc1)C(C)OP(=O)(O)OC[C@@H](OC#N)[C@@H](O)[C@@H](O)c1ccc2c(N)ncnn12. The first-order valence-corrected chi connectivity index (χ1v) is 21.5. The molecule has 0 aliphatic heterocycles. The van der Waals surface area contributed by atoms with Gasteiger partial charge >= 0.3 is 7.82 Å². The van der Waals surface area contributed by atoms with Crippen LogP contribution in [-0.4, -0.2) is 73.9 Å². The molecule has 5 N–H and O–H groups in total. The van der Waals surface area contributed by atoms with Crippen molar-refractivity contribution in [1.29, 1.82) is 5.26 Å². The van der Waals surface area contributed by atoms with Gasteiger partial charge in [-0.05, 0) is 31.0 Å². The fourth-order valence-electron chi connectivity index (χ4n) is 6.37. The molecule has 0 amide bonds. The number of fused-ring (bicyclic) bond motifs is 1. The molecule has 0 spiro atoms. The van der Waals surface area contributed by atoms with Crippen LogP contribution in [-0.2, 0) is 34.4 Å². The van der Waals surface area contributed by atoms with Crippen LogP contribution in [0.25, 0.3) is 5.52 Å². The summed E-state index contributed by atoms with van der Waals surface area (Å²) in [6.45, 7) is 3.94. The summed E-state index contributed by atoms with van der Waals surface area (Å²) < 4.78 is 41.9. The van der Waals surface area contributed by atoms with E-state index in [9.17, 15) is 24.9 Å². The first-order chi connectivity index (χ1) is 26.7. The van der Waals surface area contributed by atoms with Crippen molar-refractivity contribution in [2.45, 2.75) is 154 Å². The van der Waals surface area contributed by atoms with E-state index in [0.29, 0.717) is 12.1 Å². The average Bonchev–Trinajstić information content (AvgIpc) is 3.62. The molecule has 1 aromatic carbocycles. The predicted molar refractivity (Wildman–Crippen MR) is 211 cm³/mol. The van der Waals surface area contributed by atoms with E-state index in [0.717, 1.165) is 24.8 Å². The number of nitriles is 1. The Morgan fingerprint density at radius 3 is 2.05 bits per heavy atom. The molecule has 0 fully saturated rings. The van der Waals surface area contributed by atoms with Gasteiger partial charge in [0.05, 0.1) is 31.6 Å². The zero-order valence-electron chi connectivity index (χ0n) is 32.8. The van der Waals surface area contributed by atoms with Crippen molar-refractivity contribution in [3.05, 3.63) is 60.0 Å². The minimum absolute atomic E-state index is 0.122. The minimum atomic E-state index is -4.79. The fraction of sp³-hybridized carbons (Fsp3) is 0.675. The lowest BCUT2D eigenvalue weighted by Gasteiger charge is -2.28. The quantitative estimate of drug-likeness (QED) is 0.0270. The number of anilines is 1. The Bertz CT molecular complexity index is 1540. The summed E-state index contributed by atoms with van der Waals surface area (Å²) in [7, 11) is -4.79. The van der Waals surface area contributed by atoms with E-state index >= 15 is 0 Å². The highest BCUT2D eigenvalue weighted by Crippen LogP contribution is 2.45. The highest BCUT2D eigenvalue weighted by atomic mass is 31.2. The van der Waals surface area contributed by atoms with E-state index in [4.69, 9.17) is 29.0 Å². The second kappa shape index (κ2) is 26.7. The third-order valence-electron chi connectivity index (χ3n) is 9.68. The number of benzene rings is 1. The molecule has 0 saturated carbocycles. The van der Waals surface area contributed by atoms with Gasteiger partial charge in [-0.2, -0.15) is 10.4 Å². The van der Waals surface area contributed by atoms with E-state index in [-0.39, 0.29) is 24.7 Å². The van der Waals surface area contributed by atoms with Gasteiger partial charge in [0.15, 0.2) is 11.9 Å². The van der Waals surface area contributed by atoms with E-state index in [2.05, 4.69) is 17.0 Å². The fourth-order valence-corrected chi connectivity index (χ4v) is 7.32. The van der Waals surface area contributed by atoms with Gasteiger partial charge in [0.1, 0.15) is 30.2 Å². The zero-order valence-corrected chi connectivity index (χ0v) is 33.6. The third kappa shape index (κ3) is 17.7. The molecule has 0 radical (unpaired) electrons. The second-order valence-corrected chi connectivity index (χ2v) is 15.6. The van der Waals surface area contributed by atoms with Crippen LogP contribution in [0.2, 0.25) is 0 Å². The number of aliphatic hydroxyl groups is 2. The average molecular weight is 790 g/mol. The molecular weight excluding hydrogens is 725 g/mol. The lowest BCUT2D eigenvalue weighted by molar-refractivity contribution is -0.0912. The van der Waals surface area contributed by atoms with Crippen molar-refractivity contribution in [2.75, 3.05) is 25.6 Å². The number of nitrogens with two attached hydrogens (primary N) is 1. The van der Waals surface area contributed by atoms with Crippen molar-refractivity contribution in [3.63, 3.8) is 0 Å². The zero-order chi connectivity index (χ0) is 39.7. The van der Waals surface area contributed by atoms with Gasteiger partial charge in [-0.25, -0.2) is 14.1 Å².